The fourth-order valence-corrected chi connectivity index (χ4v) is 2.91. The second kappa shape index (κ2) is 6.53. The zero-order valence-electron chi connectivity index (χ0n) is 12.5. The van der Waals surface area contributed by atoms with E-state index in [4.69, 9.17) is 11.6 Å². The highest BCUT2D eigenvalue weighted by Gasteiger charge is 2.17. The molecular weight excluding hydrogens is 296 g/mol. The largest absolute Gasteiger partial charge is 0.394 e. The zero-order chi connectivity index (χ0) is 15.5. The molecule has 1 unspecified atom stereocenters. The molecule has 114 valence electrons. The first-order valence-corrected chi connectivity index (χ1v) is 7.68. The van der Waals surface area contributed by atoms with Crippen LogP contribution in [-0.2, 0) is 6.54 Å². The zero-order valence-corrected chi connectivity index (χ0v) is 13.2. The van der Waals surface area contributed by atoms with E-state index in [1.54, 1.807) is 0 Å². The Bertz CT molecular complexity index is 718. The molecule has 0 radical (unpaired) electrons. The molecule has 0 aliphatic heterocycles. The molecule has 0 fully saturated rings. The van der Waals surface area contributed by atoms with Crippen LogP contribution in [0.5, 0.6) is 0 Å². The lowest BCUT2D eigenvalue weighted by atomic mass is 10.1. The van der Waals surface area contributed by atoms with E-state index < -0.39 is 0 Å². The van der Waals surface area contributed by atoms with Crippen LogP contribution in [0.2, 0.25) is 5.02 Å². The van der Waals surface area contributed by atoms with Gasteiger partial charge in [0.1, 0.15) is 0 Å². The van der Waals surface area contributed by atoms with Gasteiger partial charge in [-0.1, -0.05) is 41.9 Å². The summed E-state index contributed by atoms with van der Waals surface area (Å²) in [5.41, 5.74) is 3.33. The summed E-state index contributed by atoms with van der Waals surface area (Å²) in [6.45, 7) is 0.806. The van der Waals surface area contributed by atoms with Gasteiger partial charge in [-0.25, -0.2) is 0 Å². The van der Waals surface area contributed by atoms with Crippen molar-refractivity contribution in [1.29, 1.82) is 0 Å². The summed E-state index contributed by atoms with van der Waals surface area (Å²) in [6, 6.07) is 18.0. The standard InChI is InChI=1S/C18H19ClN2O/c1-21(18(12-22)13-6-8-15(19)9-7-13)11-16-10-14-4-2-3-5-17(14)20-16/h2-10,18,20,22H,11-12H2,1H3. The SMILES string of the molecule is CN(Cc1cc2ccccc2[nH]1)C(CO)c1ccc(Cl)cc1. The number of benzene rings is 2. The average Bonchev–Trinajstić information content (AvgIpc) is 2.92. The van der Waals surface area contributed by atoms with Crippen LogP contribution in [-0.4, -0.2) is 28.6 Å². The van der Waals surface area contributed by atoms with Crippen molar-refractivity contribution in [2.24, 2.45) is 0 Å². The lowest BCUT2D eigenvalue weighted by Crippen LogP contribution is -2.27. The third-order valence-corrected chi connectivity index (χ3v) is 4.22. The van der Waals surface area contributed by atoms with Gasteiger partial charge in [0.2, 0.25) is 0 Å². The highest BCUT2D eigenvalue weighted by Crippen LogP contribution is 2.23. The Kier molecular flexibility index (Phi) is 4.48. The van der Waals surface area contributed by atoms with Crippen molar-refractivity contribution in [2.45, 2.75) is 12.6 Å². The summed E-state index contributed by atoms with van der Waals surface area (Å²) in [6.07, 6.45) is 0. The number of nitrogens with zero attached hydrogens (tertiary/aromatic N) is 1. The Morgan fingerprint density at radius 2 is 1.86 bits per heavy atom. The fourth-order valence-electron chi connectivity index (χ4n) is 2.78. The van der Waals surface area contributed by atoms with Crippen molar-refractivity contribution >= 4 is 22.5 Å². The lowest BCUT2D eigenvalue weighted by molar-refractivity contribution is 0.141. The minimum absolute atomic E-state index is 0.0521. The molecule has 22 heavy (non-hydrogen) atoms. The van der Waals surface area contributed by atoms with E-state index in [9.17, 15) is 5.11 Å². The van der Waals surface area contributed by atoms with E-state index >= 15 is 0 Å². The van der Waals surface area contributed by atoms with Crippen molar-refractivity contribution < 1.29 is 5.11 Å². The van der Waals surface area contributed by atoms with E-state index in [1.807, 2.05) is 43.4 Å². The Labute approximate surface area is 135 Å². The maximum Gasteiger partial charge on any atom is 0.0628 e. The highest BCUT2D eigenvalue weighted by atomic mass is 35.5. The number of para-hydroxylation sites is 1. The predicted octanol–water partition coefficient (Wildman–Crippen LogP) is 3.99. The van der Waals surface area contributed by atoms with Crippen LogP contribution >= 0.6 is 11.6 Å². The van der Waals surface area contributed by atoms with E-state index in [-0.39, 0.29) is 12.6 Å². The summed E-state index contributed by atoms with van der Waals surface area (Å²) >= 11 is 5.93. The van der Waals surface area contributed by atoms with Gasteiger partial charge in [0, 0.05) is 22.8 Å². The Morgan fingerprint density at radius 3 is 2.55 bits per heavy atom. The number of aliphatic hydroxyl groups is 1. The molecule has 1 atom stereocenters. The van der Waals surface area contributed by atoms with Gasteiger partial charge in [0.25, 0.3) is 0 Å². The summed E-state index contributed by atoms with van der Waals surface area (Å²) in [5.74, 6) is 0. The van der Waals surface area contributed by atoms with Crippen LogP contribution in [0, 0.1) is 0 Å². The molecular formula is C18H19ClN2O. The first-order chi connectivity index (χ1) is 10.7. The molecule has 0 saturated carbocycles. The number of halogens is 1. The molecule has 2 N–H and O–H groups in total. The van der Waals surface area contributed by atoms with Gasteiger partial charge >= 0.3 is 0 Å². The van der Waals surface area contributed by atoms with Gasteiger partial charge in [-0.15, -0.1) is 0 Å². The van der Waals surface area contributed by atoms with Crippen molar-refractivity contribution in [3.8, 4) is 0 Å². The molecule has 3 nitrogen and oxygen atoms in total. The number of likely N-dealkylation sites (N-methyl/N-ethyl adjacent to an activating group) is 1. The third-order valence-electron chi connectivity index (χ3n) is 3.97. The second-order valence-corrected chi connectivity index (χ2v) is 5.98. The molecule has 0 saturated heterocycles. The smallest absolute Gasteiger partial charge is 0.0628 e. The summed E-state index contributed by atoms with van der Waals surface area (Å²) < 4.78 is 0. The van der Waals surface area contributed by atoms with Gasteiger partial charge in [-0.05, 0) is 42.3 Å². The molecule has 3 rings (SSSR count). The molecule has 0 bridgehead atoms. The van der Waals surface area contributed by atoms with E-state index in [1.165, 1.54) is 5.39 Å². The summed E-state index contributed by atoms with van der Waals surface area (Å²) in [7, 11) is 2.01. The maximum atomic E-state index is 9.75. The van der Waals surface area contributed by atoms with Crippen LogP contribution in [0.15, 0.2) is 54.6 Å². The number of hydrogen-bond acceptors (Lipinski definition) is 2. The quantitative estimate of drug-likeness (QED) is 0.747. The van der Waals surface area contributed by atoms with E-state index in [0.29, 0.717) is 5.02 Å². The Morgan fingerprint density at radius 1 is 1.14 bits per heavy atom. The van der Waals surface area contributed by atoms with Crippen LogP contribution in [0.1, 0.15) is 17.3 Å². The first kappa shape index (κ1) is 15.1. The summed E-state index contributed by atoms with van der Waals surface area (Å²) in [5, 5.41) is 11.7. The number of nitrogens with one attached hydrogen (secondary N) is 1. The average molecular weight is 315 g/mol. The van der Waals surface area contributed by atoms with Gasteiger partial charge in [0.15, 0.2) is 0 Å². The maximum absolute atomic E-state index is 9.75. The molecule has 3 aromatic rings. The number of aromatic amines is 1. The van der Waals surface area contributed by atoms with Crippen LogP contribution in [0.3, 0.4) is 0 Å². The van der Waals surface area contributed by atoms with Crippen LogP contribution in [0.4, 0.5) is 0 Å². The van der Waals surface area contributed by atoms with Crippen molar-refractivity contribution in [2.75, 3.05) is 13.7 Å². The molecule has 1 heterocycles. The van der Waals surface area contributed by atoms with E-state index in [2.05, 4.69) is 28.1 Å². The topological polar surface area (TPSA) is 39.3 Å². The Balaban J connectivity index is 1.79. The van der Waals surface area contributed by atoms with Crippen molar-refractivity contribution in [3.05, 3.63) is 70.9 Å². The lowest BCUT2D eigenvalue weighted by Gasteiger charge is -2.26. The van der Waals surface area contributed by atoms with Crippen LogP contribution in [0.25, 0.3) is 10.9 Å². The van der Waals surface area contributed by atoms with E-state index in [0.717, 1.165) is 23.3 Å². The predicted molar refractivity (Wildman–Crippen MR) is 91.0 cm³/mol. The fraction of sp³-hybridized carbons (Fsp3) is 0.222. The van der Waals surface area contributed by atoms with Gasteiger partial charge in [-0.2, -0.15) is 0 Å². The molecule has 0 aliphatic carbocycles. The summed E-state index contributed by atoms with van der Waals surface area (Å²) in [4.78, 5) is 5.55. The monoisotopic (exact) mass is 314 g/mol. The number of hydrogen-bond donors (Lipinski definition) is 2. The van der Waals surface area contributed by atoms with Crippen molar-refractivity contribution in [1.82, 2.24) is 9.88 Å². The number of rotatable bonds is 5. The normalized spacial score (nSPS) is 12.9. The molecule has 0 aliphatic rings. The molecule has 0 amide bonds. The van der Waals surface area contributed by atoms with Gasteiger partial charge in [-0.3, -0.25) is 4.90 Å². The van der Waals surface area contributed by atoms with Gasteiger partial charge in [0.05, 0.1) is 12.6 Å². The Hall–Kier alpha value is -1.81. The van der Waals surface area contributed by atoms with Crippen molar-refractivity contribution in [3.63, 3.8) is 0 Å². The number of H-pyrrole nitrogens is 1. The minimum atomic E-state index is -0.0521. The van der Waals surface area contributed by atoms with Gasteiger partial charge < -0.3 is 10.1 Å². The number of fused-ring (bicyclic) bond motifs is 1. The second-order valence-electron chi connectivity index (χ2n) is 5.55. The number of aromatic nitrogens is 1. The third kappa shape index (κ3) is 3.17. The molecule has 4 heteroatoms. The van der Waals surface area contributed by atoms with Crippen LogP contribution < -0.4 is 0 Å². The number of aliphatic hydroxyl groups excluding tert-OH is 1. The molecule has 2 aromatic carbocycles. The highest BCUT2D eigenvalue weighted by molar-refractivity contribution is 6.30. The molecule has 0 spiro atoms. The minimum Gasteiger partial charge on any atom is -0.394 e. The molecule has 1 aromatic heterocycles. The first-order valence-electron chi connectivity index (χ1n) is 7.30.